The van der Waals surface area contributed by atoms with Gasteiger partial charge in [-0.2, -0.15) is 0 Å². The van der Waals surface area contributed by atoms with Gasteiger partial charge in [-0.3, -0.25) is 0 Å². The third kappa shape index (κ3) is 3.98. The Morgan fingerprint density at radius 2 is 1.67 bits per heavy atom. The largest absolute Gasteiger partial charge is 0.505 e. The summed E-state index contributed by atoms with van der Waals surface area (Å²) in [5, 5.41) is 20.2. The van der Waals surface area contributed by atoms with Crippen LogP contribution in [0.4, 0.5) is 5.69 Å². The van der Waals surface area contributed by atoms with Gasteiger partial charge in [0.15, 0.2) is 5.75 Å². The lowest BCUT2D eigenvalue weighted by Gasteiger charge is -2.11. The SMILES string of the molecule is CN(C)c1ccc(/C=C/C=C/c2nc3ccccc3c(C(=O)O)c2O)cc1. The lowest BCUT2D eigenvalue weighted by Crippen LogP contribution is -2.07. The highest BCUT2D eigenvalue weighted by Gasteiger charge is 2.18. The Kier molecular flexibility index (Phi) is 5.22. The van der Waals surface area contributed by atoms with Crippen LogP contribution < -0.4 is 4.90 Å². The smallest absolute Gasteiger partial charge is 0.340 e. The van der Waals surface area contributed by atoms with Crippen LogP contribution in [-0.2, 0) is 0 Å². The summed E-state index contributed by atoms with van der Waals surface area (Å²) >= 11 is 0. The molecule has 0 saturated carbocycles. The highest BCUT2D eigenvalue weighted by atomic mass is 16.4. The minimum atomic E-state index is -1.18. The predicted octanol–water partition coefficient (Wildman–Crippen LogP) is 4.43. The number of hydrogen-bond donors (Lipinski definition) is 2. The monoisotopic (exact) mass is 360 g/mol. The van der Waals surface area contributed by atoms with Gasteiger partial charge in [-0.15, -0.1) is 0 Å². The zero-order chi connectivity index (χ0) is 19.4. The third-order valence-electron chi connectivity index (χ3n) is 4.17. The number of benzene rings is 2. The molecule has 3 aromatic rings. The molecule has 5 heteroatoms. The molecule has 0 fully saturated rings. The van der Waals surface area contributed by atoms with E-state index in [0.29, 0.717) is 10.9 Å². The van der Waals surface area contributed by atoms with Gasteiger partial charge in [0.05, 0.1) is 5.52 Å². The molecule has 0 atom stereocenters. The summed E-state index contributed by atoms with van der Waals surface area (Å²) in [4.78, 5) is 17.9. The zero-order valence-electron chi connectivity index (χ0n) is 15.1. The van der Waals surface area contributed by atoms with E-state index in [1.54, 1.807) is 36.4 Å². The molecule has 0 amide bonds. The van der Waals surface area contributed by atoms with Gasteiger partial charge in [-0.1, -0.05) is 48.6 Å². The highest BCUT2D eigenvalue weighted by molar-refractivity contribution is 6.06. The molecule has 2 aromatic carbocycles. The van der Waals surface area contributed by atoms with Crippen molar-refractivity contribution in [2.75, 3.05) is 19.0 Å². The first-order valence-corrected chi connectivity index (χ1v) is 8.44. The van der Waals surface area contributed by atoms with Crippen molar-refractivity contribution < 1.29 is 15.0 Å². The van der Waals surface area contributed by atoms with Crippen LogP contribution in [0.5, 0.6) is 5.75 Å². The van der Waals surface area contributed by atoms with Gasteiger partial charge in [0, 0.05) is 25.2 Å². The summed E-state index contributed by atoms with van der Waals surface area (Å²) in [6.07, 6.45) is 7.06. The molecular weight excluding hydrogens is 340 g/mol. The maximum absolute atomic E-state index is 11.5. The maximum Gasteiger partial charge on any atom is 0.340 e. The number of para-hydroxylation sites is 1. The van der Waals surface area contributed by atoms with E-state index in [1.807, 2.05) is 55.4 Å². The van der Waals surface area contributed by atoms with Crippen LogP contribution in [0.2, 0.25) is 0 Å². The van der Waals surface area contributed by atoms with Crippen molar-refractivity contribution in [3.05, 3.63) is 77.5 Å². The molecule has 0 saturated heterocycles. The number of carboxylic acid groups (broad SMARTS) is 1. The van der Waals surface area contributed by atoms with E-state index in [-0.39, 0.29) is 17.0 Å². The molecule has 0 aliphatic rings. The van der Waals surface area contributed by atoms with Crippen molar-refractivity contribution in [2.45, 2.75) is 0 Å². The van der Waals surface area contributed by atoms with Gasteiger partial charge in [0.25, 0.3) is 0 Å². The number of pyridine rings is 1. The molecule has 27 heavy (non-hydrogen) atoms. The Hall–Kier alpha value is -3.60. The van der Waals surface area contributed by atoms with E-state index in [9.17, 15) is 15.0 Å². The van der Waals surface area contributed by atoms with E-state index < -0.39 is 5.97 Å². The number of allylic oxidation sites excluding steroid dienone is 2. The molecule has 3 rings (SSSR count). The number of aromatic hydroxyl groups is 1. The molecule has 0 aliphatic heterocycles. The van der Waals surface area contributed by atoms with E-state index in [1.165, 1.54) is 0 Å². The fourth-order valence-corrected chi connectivity index (χ4v) is 2.75. The summed E-state index contributed by atoms with van der Waals surface area (Å²) in [6, 6.07) is 14.9. The number of nitrogens with zero attached hydrogens (tertiary/aromatic N) is 2. The van der Waals surface area contributed by atoms with Crippen LogP contribution in [0.1, 0.15) is 21.6 Å². The second-order valence-electron chi connectivity index (χ2n) is 6.25. The Morgan fingerprint density at radius 3 is 2.33 bits per heavy atom. The number of carbonyl (C=O) groups is 1. The summed E-state index contributed by atoms with van der Waals surface area (Å²) in [7, 11) is 3.98. The van der Waals surface area contributed by atoms with Crippen molar-refractivity contribution in [3.8, 4) is 5.75 Å². The van der Waals surface area contributed by atoms with Crippen LogP contribution in [0.3, 0.4) is 0 Å². The fourth-order valence-electron chi connectivity index (χ4n) is 2.75. The maximum atomic E-state index is 11.5. The summed E-state index contributed by atoms with van der Waals surface area (Å²) in [5.41, 5.74) is 2.76. The minimum absolute atomic E-state index is 0.136. The molecular formula is C22H20N2O3. The Morgan fingerprint density at radius 1 is 1.00 bits per heavy atom. The summed E-state index contributed by atoms with van der Waals surface area (Å²) < 4.78 is 0. The number of hydrogen-bond acceptors (Lipinski definition) is 4. The second-order valence-corrected chi connectivity index (χ2v) is 6.25. The Bertz CT molecular complexity index is 1040. The van der Waals surface area contributed by atoms with Gasteiger partial charge in [-0.25, -0.2) is 9.78 Å². The van der Waals surface area contributed by atoms with Crippen LogP contribution in [0.25, 0.3) is 23.1 Å². The molecule has 136 valence electrons. The van der Waals surface area contributed by atoms with Crippen LogP contribution >= 0.6 is 0 Å². The average Bonchev–Trinajstić information content (AvgIpc) is 2.65. The summed E-state index contributed by atoms with van der Waals surface area (Å²) in [6.45, 7) is 0. The van der Waals surface area contributed by atoms with Crippen molar-refractivity contribution in [3.63, 3.8) is 0 Å². The molecule has 0 radical (unpaired) electrons. The fraction of sp³-hybridized carbons (Fsp3) is 0.0909. The normalized spacial score (nSPS) is 11.5. The van der Waals surface area contributed by atoms with E-state index in [0.717, 1.165) is 11.3 Å². The first-order chi connectivity index (χ1) is 13.0. The number of rotatable bonds is 5. The highest BCUT2D eigenvalue weighted by Crippen LogP contribution is 2.29. The molecule has 1 heterocycles. The van der Waals surface area contributed by atoms with Gasteiger partial charge >= 0.3 is 5.97 Å². The molecule has 1 aromatic heterocycles. The molecule has 2 N–H and O–H groups in total. The van der Waals surface area contributed by atoms with Crippen LogP contribution in [0, 0.1) is 0 Å². The van der Waals surface area contributed by atoms with Crippen LogP contribution in [0.15, 0.2) is 60.7 Å². The topological polar surface area (TPSA) is 73.7 Å². The van der Waals surface area contributed by atoms with Crippen LogP contribution in [-0.4, -0.2) is 35.3 Å². The number of anilines is 1. The number of fused-ring (bicyclic) bond motifs is 1. The van der Waals surface area contributed by atoms with Gasteiger partial charge in [0.2, 0.25) is 0 Å². The van der Waals surface area contributed by atoms with E-state index in [2.05, 4.69) is 4.98 Å². The lowest BCUT2D eigenvalue weighted by molar-refractivity contribution is 0.0696. The molecule has 0 aliphatic carbocycles. The van der Waals surface area contributed by atoms with Gasteiger partial charge < -0.3 is 15.1 Å². The molecule has 0 unspecified atom stereocenters. The molecule has 5 nitrogen and oxygen atoms in total. The Labute approximate surface area is 157 Å². The van der Waals surface area contributed by atoms with Crippen molar-refractivity contribution in [2.24, 2.45) is 0 Å². The summed E-state index contributed by atoms with van der Waals surface area (Å²) in [5.74, 6) is -1.52. The van der Waals surface area contributed by atoms with Gasteiger partial charge in [-0.05, 0) is 29.8 Å². The first kappa shape index (κ1) is 18.2. The van der Waals surface area contributed by atoms with E-state index in [4.69, 9.17) is 0 Å². The minimum Gasteiger partial charge on any atom is -0.505 e. The predicted molar refractivity (Wildman–Crippen MR) is 109 cm³/mol. The number of aromatic nitrogens is 1. The van der Waals surface area contributed by atoms with Crippen molar-refractivity contribution >= 4 is 34.7 Å². The zero-order valence-corrected chi connectivity index (χ0v) is 15.1. The standard InChI is InChI=1S/C22H20N2O3/c1-24(2)16-13-11-15(12-14-16)7-3-5-10-19-21(25)20(22(26)27)17-8-4-6-9-18(17)23-19/h3-14,25H,1-2H3,(H,26,27)/b7-3+,10-5+. The lowest BCUT2D eigenvalue weighted by atomic mass is 10.1. The van der Waals surface area contributed by atoms with Crippen molar-refractivity contribution in [1.29, 1.82) is 0 Å². The quantitative estimate of drug-likeness (QED) is 0.659. The molecule has 0 spiro atoms. The molecule has 0 bridgehead atoms. The number of aromatic carboxylic acids is 1. The van der Waals surface area contributed by atoms with Crippen molar-refractivity contribution in [1.82, 2.24) is 4.98 Å². The van der Waals surface area contributed by atoms with E-state index >= 15 is 0 Å². The average molecular weight is 360 g/mol. The third-order valence-corrected chi connectivity index (χ3v) is 4.17. The second kappa shape index (κ2) is 7.74. The number of carboxylic acids is 1. The Balaban J connectivity index is 1.87. The first-order valence-electron chi connectivity index (χ1n) is 8.44. The van der Waals surface area contributed by atoms with Gasteiger partial charge in [0.1, 0.15) is 11.3 Å².